The summed E-state index contributed by atoms with van der Waals surface area (Å²) in [4.78, 5) is 8.62. The minimum Gasteiger partial charge on any atom is -0.368 e. The van der Waals surface area contributed by atoms with Crippen LogP contribution in [0.4, 0.5) is 13.2 Å². The Bertz CT molecular complexity index is 944. The Hall–Kier alpha value is -3.16. The first-order chi connectivity index (χ1) is 12.5. The fourth-order valence-corrected chi connectivity index (χ4v) is 2.63. The summed E-state index contributed by atoms with van der Waals surface area (Å²) in [6, 6.07) is 12.1. The van der Waals surface area contributed by atoms with Crippen molar-refractivity contribution in [2.45, 2.75) is 6.18 Å². The van der Waals surface area contributed by atoms with Crippen molar-refractivity contribution in [1.29, 1.82) is 0 Å². The van der Waals surface area contributed by atoms with Crippen molar-refractivity contribution in [3.8, 4) is 22.8 Å². The molecule has 4 rings (SSSR count). The fourth-order valence-electron chi connectivity index (χ4n) is 2.63. The lowest BCUT2D eigenvalue weighted by Gasteiger charge is -2.05. The number of aliphatic imine (C=N–C) groups is 1. The monoisotopic (exact) mass is 358 g/mol. The van der Waals surface area contributed by atoms with Crippen LogP contribution in [0.15, 0.2) is 58.0 Å². The summed E-state index contributed by atoms with van der Waals surface area (Å²) in [5.74, 6) is 1.39. The zero-order chi connectivity index (χ0) is 18.1. The van der Waals surface area contributed by atoms with Gasteiger partial charge in [-0.1, -0.05) is 29.4 Å². The molecule has 0 amide bonds. The van der Waals surface area contributed by atoms with Gasteiger partial charge in [-0.2, -0.15) is 18.2 Å². The van der Waals surface area contributed by atoms with Crippen molar-refractivity contribution >= 4 is 5.84 Å². The molecule has 5 nitrogen and oxygen atoms in total. The largest absolute Gasteiger partial charge is 0.416 e. The van der Waals surface area contributed by atoms with Crippen molar-refractivity contribution in [2.75, 3.05) is 13.1 Å². The molecule has 132 valence electrons. The summed E-state index contributed by atoms with van der Waals surface area (Å²) in [7, 11) is 0. The summed E-state index contributed by atoms with van der Waals surface area (Å²) in [5.41, 5.74) is 1.42. The topological polar surface area (TPSA) is 63.3 Å². The molecule has 1 N–H and O–H groups in total. The molecule has 0 fully saturated rings. The van der Waals surface area contributed by atoms with Gasteiger partial charge in [0.25, 0.3) is 5.89 Å². The Morgan fingerprint density at radius 2 is 1.54 bits per heavy atom. The predicted molar refractivity (Wildman–Crippen MR) is 89.6 cm³/mol. The zero-order valence-electron chi connectivity index (χ0n) is 13.4. The quantitative estimate of drug-likeness (QED) is 0.774. The van der Waals surface area contributed by atoms with E-state index in [4.69, 9.17) is 4.52 Å². The second kappa shape index (κ2) is 6.29. The molecule has 26 heavy (non-hydrogen) atoms. The highest BCUT2D eigenvalue weighted by Crippen LogP contribution is 2.31. The Kier molecular flexibility index (Phi) is 3.95. The molecular formula is C18H13F3N4O. The van der Waals surface area contributed by atoms with Gasteiger partial charge in [0.2, 0.25) is 5.82 Å². The van der Waals surface area contributed by atoms with Crippen molar-refractivity contribution in [3.05, 3.63) is 59.7 Å². The maximum absolute atomic E-state index is 12.6. The van der Waals surface area contributed by atoms with Crippen LogP contribution >= 0.6 is 0 Å². The highest BCUT2D eigenvalue weighted by molar-refractivity contribution is 6.00. The third kappa shape index (κ3) is 3.17. The van der Waals surface area contributed by atoms with E-state index in [1.54, 1.807) is 0 Å². The SMILES string of the molecule is FC(F)(F)c1ccc(-c2nc(-c3ccc(C4=NCCN4)cc3)no2)cc1. The lowest BCUT2D eigenvalue weighted by atomic mass is 10.1. The smallest absolute Gasteiger partial charge is 0.368 e. The highest BCUT2D eigenvalue weighted by Gasteiger charge is 2.30. The minimum absolute atomic E-state index is 0.166. The molecule has 1 aliphatic rings. The number of benzene rings is 2. The van der Waals surface area contributed by atoms with Gasteiger partial charge in [0.1, 0.15) is 5.84 Å². The maximum Gasteiger partial charge on any atom is 0.416 e. The highest BCUT2D eigenvalue weighted by atomic mass is 19.4. The van der Waals surface area contributed by atoms with Gasteiger partial charge in [0.05, 0.1) is 12.1 Å². The third-order valence-electron chi connectivity index (χ3n) is 3.98. The van der Waals surface area contributed by atoms with Crippen LogP contribution in [0.25, 0.3) is 22.8 Å². The lowest BCUT2D eigenvalue weighted by Crippen LogP contribution is -2.19. The molecule has 0 atom stereocenters. The van der Waals surface area contributed by atoms with E-state index in [0.717, 1.165) is 42.2 Å². The molecule has 3 aromatic rings. The summed E-state index contributed by atoms with van der Waals surface area (Å²) >= 11 is 0. The van der Waals surface area contributed by atoms with Crippen LogP contribution < -0.4 is 5.32 Å². The summed E-state index contributed by atoms with van der Waals surface area (Å²) < 4.78 is 43.1. The average molecular weight is 358 g/mol. The van der Waals surface area contributed by atoms with Crippen molar-refractivity contribution in [3.63, 3.8) is 0 Å². The standard InChI is InChI=1S/C18H13F3N4O/c19-18(20,21)14-7-5-13(6-8-14)17-24-16(25-26-17)12-3-1-11(2-4-12)15-22-9-10-23-15/h1-8H,9-10H2,(H,22,23). The van der Waals surface area contributed by atoms with E-state index >= 15 is 0 Å². The van der Waals surface area contributed by atoms with Crippen molar-refractivity contribution in [1.82, 2.24) is 15.5 Å². The van der Waals surface area contributed by atoms with Gasteiger partial charge in [0.15, 0.2) is 0 Å². The number of nitrogens with zero attached hydrogens (tertiary/aromatic N) is 3. The molecule has 2 heterocycles. The van der Waals surface area contributed by atoms with Crippen LogP contribution in [0.1, 0.15) is 11.1 Å². The number of hydrogen-bond donors (Lipinski definition) is 1. The first-order valence-corrected chi connectivity index (χ1v) is 7.91. The summed E-state index contributed by atoms with van der Waals surface area (Å²) in [5, 5.41) is 7.10. The maximum atomic E-state index is 12.6. The summed E-state index contributed by atoms with van der Waals surface area (Å²) in [6.07, 6.45) is -4.38. The first kappa shape index (κ1) is 16.3. The lowest BCUT2D eigenvalue weighted by molar-refractivity contribution is -0.137. The minimum atomic E-state index is -4.38. The van der Waals surface area contributed by atoms with Gasteiger partial charge in [-0.25, -0.2) is 0 Å². The number of hydrogen-bond acceptors (Lipinski definition) is 5. The van der Waals surface area contributed by atoms with Crippen molar-refractivity contribution in [2.24, 2.45) is 4.99 Å². The van der Waals surface area contributed by atoms with Crippen LogP contribution in [0.5, 0.6) is 0 Å². The molecular weight excluding hydrogens is 345 g/mol. The number of alkyl halides is 3. The Balaban J connectivity index is 1.56. The Morgan fingerprint density at radius 1 is 0.885 bits per heavy atom. The molecule has 0 radical (unpaired) electrons. The molecule has 0 saturated heterocycles. The van der Waals surface area contributed by atoms with Crippen molar-refractivity contribution < 1.29 is 17.7 Å². The Morgan fingerprint density at radius 3 is 2.15 bits per heavy atom. The van der Waals surface area contributed by atoms with Crippen LogP contribution in [-0.4, -0.2) is 29.1 Å². The van der Waals surface area contributed by atoms with E-state index in [0.29, 0.717) is 11.4 Å². The third-order valence-corrected chi connectivity index (χ3v) is 3.98. The fraction of sp³-hybridized carbons (Fsp3) is 0.167. The molecule has 0 saturated carbocycles. The second-order valence-corrected chi connectivity index (χ2v) is 5.73. The molecule has 0 spiro atoms. The first-order valence-electron chi connectivity index (χ1n) is 7.91. The van der Waals surface area contributed by atoms with E-state index < -0.39 is 11.7 Å². The van der Waals surface area contributed by atoms with Gasteiger partial charge in [-0.05, 0) is 24.3 Å². The second-order valence-electron chi connectivity index (χ2n) is 5.73. The molecule has 1 aliphatic heterocycles. The van der Waals surface area contributed by atoms with Gasteiger partial charge >= 0.3 is 6.18 Å². The van der Waals surface area contributed by atoms with Crippen LogP contribution in [-0.2, 0) is 6.18 Å². The zero-order valence-corrected chi connectivity index (χ0v) is 13.4. The normalized spacial score (nSPS) is 14.2. The number of nitrogens with one attached hydrogen (secondary N) is 1. The number of amidine groups is 1. The molecule has 0 aliphatic carbocycles. The van der Waals surface area contributed by atoms with Gasteiger partial charge < -0.3 is 9.84 Å². The van der Waals surface area contributed by atoms with E-state index in [1.165, 1.54) is 12.1 Å². The van der Waals surface area contributed by atoms with E-state index in [1.807, 2.05) is 24.3 Å². The molecule has 1 aromatic heterocycles. The number of aromatic nitrogens is 2. The number of rotatable bonds is 3. The summed E-state index contributed by atoms with van der Waals surface area (Å²) in [6.45, 7) is 1.59. The molecule has 8 heteroatoms. The predicted octanol–water partition coefficient (Wildman–Crippen LogP) is 3.77. The van der Waals surface area contributed by atoms with Crippen LogP contribution in [0.3, 0.4) is 0 Å². The van der Waals surface area contributed by atoms with Crippen LogP contribution in [0, 0.1) is 0 Å². The van der Waals surface area contributed by atoms with E-state index in [2.05, 4.69) is 20.4 Å². The van der Waals surface area contributed by atoms with Gasteiger partial charge in [0, 0.05) is 23.2 Å². The molecule has 0 unspecified atom stereocenters. The van der Waals surface area contributed by atoms with Gasteiger partial charge in [-0.3, -0.25) is 4.99 Å². The number of halogens is 3. The van der Waals surface area contributed by atoms with Crippen LogP contribution in [0.2, 0.25) is 0 Å². The Labute approximate surface area is 146 Å². The van der Waals surface area contributed by atoms with Gasteiger partial charge in [-0.15, -0.1) is 0 Å². The van der Waals surface area contributed by atoms with E-state index in [-0.39, 0.29) is 5.89 Å². The molecule has 2 aromatic carbocycles. The average Bonchev–Trinajstić information content (AvgIpc) is 3.33. The molecule has 0 bridgehead atoms. The van der Waals surface area contributed by atoms with E-state index in [9.17, 15) is 13.2 Å².